The second-order valence-corrected chi connectivity index (χ2v) is 4.89. The number of hydrogen-bond donors (Lipinski definition) is 2. The highest BCUT2D eigenvalue weighted by molar-refractivity contribution is 7.15. The molecular formula is C8H13N3O2S. The summed E-state index contributed by atoms with van der Waals surface area (Å²) in [6.45, 7) is 5.98. The van der Waals surface area contributed by atoms with Gasteiger partial charge in [-0.3, -0.25) is 4.79 Å². The Morgan fingerprint density at radius 2 is 2.14 bits per heavy atom. The molecule has 0 radical (unpaired) electrons. The van der Waals surface area contributed by atoms with Crippen molar-refractivity contribution in [3.8, 4) is 0 Å². The van der Waals surface area contributed by atoms with Gasteiger partial charge in [-0.25, -0.2) is 0 Å². The van der Waals surface area contributed by atoms with Gasteiger partial charge in [0.2, 0.25) is 5.13 Å². The van der Waals surface area contributed by atoms with Crippen LogP contribution < -0.4 is 5.32 Å². The lowest BCUT2D eigenvalue weighted by molar-refractivity contribution is -0.134. The summed E-state index contributed by atoms with van der Waals surface area (Å²) in [5, 5.41) is 20.4. The fraction of sp³-hybridized carbons (Fsp3) is 0.625. The van der Waals surface area contributed by atoms with Crippen LogP contribution in [0.3, 0.4) is 0 Å². The summed E-state index contributed by atoms with van der Waals surface area (Å²) >= 11 is 1.39. The van der Waals surface area contributed by atoms with Crippen molar-refractivity contribution >= 4 is 22.4 Å². The highest BCUT2D eigenvalue weighted by Gasteiger charge is 2.19. The van der Waals surface area contributed by atoms with E-state index in [1.807, 2.05) is 20.8 Å². The lowest BCUT2D eigenvalue weighted by Gasteiger charge is -2.12. The Bertz CT molecular complexity index is 330. The van der Waals surface area contributed by atoms with Crippen molar-refractivity contribution < 1.29 is 9.90 Å². The smallest absolute Gasteiger partial charge is 0.322 e. The van der Waals surface area contributed by atoms with E-state index in [-0.39, 0.29) is 12.0 Å². The average molecular weight is 215 g/mol. The number of carboxylic acid groups (broad SMARTS) is 1. The summed E-state index contributed by atoms with van der Waals surface area (Å²) in [5.74, 6) is -0.905. The molecule has 5 nitrogen and oxygen atoms in total. The molecule has 2 N–H and O–H groups in total. The van der Waals surface area contributed by atoms with Gasteiger partial charge >= 0.3 is 5.97 Å². The number of rotatable bonds is 3. The average Bonchev–Trinajstić information content (AvgIpc) is 2.47. The Hall–Kier alpha value is -1.17. The first kappa shape index (κ1) is 10.9. The zero-order valence-electron chi connectivity index (χ0n) is 8.37. The molecule has 0 saturated heterocycles. The lowest BCUT2D eigenvalue weighted by Crippen LogP contribution is -2.11. The van der Waals surface area contributed by atoms with Crippen LogP contribution in [0.1, 0.15) is 25.8 Å². The summed E-state index contributed by atoms with van der Waals surface area (Å²) < 4.78 is 0. The monoisotopic (exact) mass is 215 g/mol. The summed E-state index contributed by atoms with van der Waals surface area (Å²) in [7, 11) is 0. The maximum Gasteiger partial charge on any atom is 0.322 e. The molecule has 14 heavy (non-hydrogen) atoms. The Balaban J connectivity index is 2.64. The minimum absolute atomic E-state index is 0.0409. The molecule has 0 fully saturated rings. The van der Waals surface area contributed by atoms with E-state index >= 15 is 0 Å². The first-order valence-electron chi connectivity index (χ1n) is 4.19. The van der Waals surface area contributed by atoms with Crippen LogP contribution >= 0.6 is 11.3 Å². The summed E-state index contributed by atoms with van der Waals surface area (Å²) in [6, 6.07) is 0. The van der Waals surface area contributed by atoms with Gasteiger partial charge in [0, 0.05) is 5.41 Å². The second-order valence-electron chi connectivity index (χ2n) is 3.91. The quantitative estimate of drug-likeness (QED) is 0.795. The molecule has 1 heterocycles. The molecule has 1 rings (SSSR count). The van der Waals surface area contributed by atoms with Crippen LogP contribution in [0.4, 0.5) is 5.13 Å². The van der Waals surface area contributed by atoms with Gasteiger partial charge in [-0.15, -0.1) is 10.2 Å². The van der Waals surface area contributed by atoms with Crippen LogP contribution in [0, 0.1) is 0 Å². The van der Waals surface area contributed by atoms with Crippen LogP contribution in [0.5, 0.6) is 0 Å². The van der Waals surface area contributed by atoms with Gasteiger partial charge < -0.3 is 10.4 Å². The first-order chi connectivity index (χ1) is 6.39. The third-order valence-corrected chi connectivity index (χ3v) is 2.76. The maximum atomic E-state index is 10.3. The minimum atomic E-state index is -0.905. The number of aliphatic carboxylic acids is 1. The molecule has 0 aliphatic rings. The van der Waals surface area contributed by atoms with E-state index in [0.29, 0.717) is 5.13 Å². The molecular weight excluding hydrogens is 202 g/mol. The number of nitrogens with zero attached hydrogens (tertiary/aromatic N) is 2. The highest BCUT2D eigenvalue weighted by atomic mass is 32.1. The van der Waals surface area contributed by atoms with E-state index in [1.165, 1.54) is 11.3 Å². The third kappa shape index (κ3) is 2.95. The van der Waals surface area contributed by atoms with Crippen molar-refractivity contribution in [2.24, 2.45) is 0 Å². The summed E-state index contributed by atoms with van der Waals surface area (Å²) in [6.07, 6.45) is 0. The third-order valence-electron chi connectivity index (χ3n) is 1.46. The first-order valence-corrected chi connectivity index (χ1v) is 5.01. The largest absolute Gasteiger partial charge is 0.480 e. The molecule has 6 heteroatoms. The van der Waals surface area contributed by atoms with Crippen molar-refractivity contribution in [3.63, 3.8) is 0 Å². The molecule has 0 bridgehead atoms. The molecule has 0 atom stereocenters. The fourth-order valence-electron chi connectivity index (χ4n) is 0.749. The van der Waals surface area contributed by atoms with Crippen molar-refractivity contribution in [2.45, 2.75) is 26.2 Å². The molecule has 1 aromatic rings. The maximum absolute atomic E-state index is 10.3. The molecule has 0 unspecified atom stereocenters. The Morgan fingerprint density at radius 3 is 2.57 bits per heavy atom. The highest BCUT2D eigenvalue weighted by Crippen LogP contribution is 2.27. The fourth-order valence-corrected chi connectivity index (χ4v) is 1.55. The summed E-state index contributed by atoms with van der Waals surface area (Å²) in [4.78, 5) is 10.3. The van der Waals surface area contributed by atoms with Gasteiger partial charge in [0.15, 0.2) is 0 Å². The van der Waals surface area contributed by atoms with E-state index in [9.17, 15) is 4.79 Å². The molecule has 0 spiro atoms. The van der Waals surface area contributed by atoms with E-state index in [2.05, 4.69) is 15.5 Å². The van der Waals surface area contributed by atoms with Crippen LogP contribution in [0.15, 0.2) is 0 Å². The predicted octanol–water partition coefficient (Wildman–Crippen LogP) is 1.33. The molecule has 78 valence electrons. The van der Waals surface area contributed by atoms with Crippen LogP contribution in [-0.4, -0.2) is 27.8 Å². The Labute approximate surface area is 86.2 Å². The number of anilines is 1. The van der Waals surface area contributed by atoms with E-state index in [0.717, 1.165) is 5.01 Å². The normalized spacial score (nSPS) is 11.4. The SMILES string of the molecule is CC(C)(C)c1nnc(NCC(=O)O)s1. The Kier molecular flexibility index (Phi) is 3.05. The van der Waals surface area contributed by atoms with E-state index in [4.69, 9.17) is 5.11 Å². The lowest BCUT2D eigenvalue weighted by atomic mass is 9.98. The zero-order chi connectivity index (χ0) is 10.8. The second kappa shape index (κ2) is 3.91. The van der Waals surface area contributed by atoms with Gasteiger partial charge in [-0.2, -0.15) is 0 Å². The zero-order valence-corrected chi connectivity index (χ0v) is 9.18. The number of nitrogens with one attached hydrogen (secondary N) is 1. The van der Waals surface area contributed by atoms with Gasteiger partial charge in [0.1, 0.15) is 11.6 Å². The number of aromatic nitrogens is 2. The van der Waals surface area contributed by atoms with Gasteiger partial charge in [0.25, 0.3) is 0 Å². The summed E-state index contributed by atoms with van der Waals surface area (Å²) in [5.41, 5.74) is -0.0409. The standard InChI is InChI=1S/C8H13N3O2S/c1-8(2,3)6-10-11-7(14-6)9-4-5(12)13/h4H2,1-3H3,(H,9,11)(H,12,13). The van der Waals surface area contributed by atoms with Gasteiger partial charge in [0.05, 0.1) is 0 Å². The molecule has 1 aromatic heterocycles. The number of carboxylic acids is 1. The molecule has 0 aliphatic carbocycles. The van der Waals surface area contributed by atoms with Crippen LogP contribution in [-0.2, 0) is 10.2 Å². The van der Waals surface area contributed by atoms with Crippen molar-refractivity contribution in [1.82, 2.24) is 10.2 Å². The van der Waals surface area contributed by atoms with E-state index < -0.39 is 5.97 Å². The van der Waals surface area contributed by atoms with Crippen molar-refractivity contribution in [2.75, 3.05) is 11.9 Å². The molecule has 0 amide bonds. The van der Waals surface area contributed by atoms with Crippen molar-refractivity contribution in [3.05, 3.63) is 5.01 Å². The molecule has 0 aliphatic heterocycles. The number of hydrogen-bond acceptors (Lipinski definition) is 5. The molecule has 0 aromatic carbocycles. The Morgan fingerprint density at radius 1 is 1.50 bits per heavy atom. The number of carbonyl (C=O) groups is 1. The molecule has 0 saturated carbocycles. The topological polar surface area (TPSA) is 75.1 Å². The minimum Gasteiger partial charge on any atom is -0.480 e. The van der Waals surface area contributed by atoms with Crippen LogP contribution in [0.2, 0.25) is 0 Å². The van der Waals surface area contributed by atoms with Gasteiger partial charge in [-0.1, -0.05) is 32.1 Å². The van der Waals surface area contributed by atoms with Crippen molar-refractivity contribution in [1.29, 1.82) is 0 Å². The van der Waals surface area contributed by atoms with Gasteiger partial charge in [-0.05, 0) is 0 Å². The van der Waals surface area contributed by atoms with Crippen LogP contribution in [0.25, 0.3) is 0 Å². The van der Waals surface area contributed by atoms with E-state index in [1.54, 1.807) is 0 Å². The predicted molar refractivity (Wildman–Crippen MR) is 54.7 cm³/mol.